The average molecular weight is 212 g/mol. The van der Waals surface area contributed by atoms with Gasteiger partial charge in [0.1, 0.15) is 0 Å². The van der Waals surface area contributed by atoms with Crippen molar-refractivity contribution in [3.8, 4) is 0 Å². The van der Waals surface area contributed by atoms with Gasteiger partial charge in [0.15, 0.2) is 0 Å². The molecule has 0 saturated heterocycles. The van der Waals surface area contributed by atoms with Gasteiger partial charge in [-0.25, -0.2) is 0 Å². The van der Waals surface area contributed by atoms with E-state index < -0.39 is 0 Å². The second-order valence-corrected chi connectivity index (χ2v) is 4.24. The maximum atomic E-state index is 8.98. The fraction of sp³-hybridized carbons (Fsp3) is 0.417. The first-order valence-corrected chi connectivity index (χ1v) is 5.17. The van der Waals surface area contributed by atoms with E-state index in [1.54, 1.807) is 0 Å². The van der Waals surface area contributed by atoms with Crippen molar-refractivity contribution in [2.75, 3.05) is 6.61 Å². The highest BCUT2D eigenvalue weighted by Crippen LogP contribution is 2.27. The summed E-state index contributed by atoms with van der Waals surface area (Å²) in [5, 5.41) is 9.76. The lowest BCUT2D eigenvalue weighted by Gasteiger charge is -2.12. The lowest BCUT2D eigenvalue weighted by atomic mass is 9.97. The first-order chi connectivity index (χ1) is 6.56. The van der Waals surface area contributed by atoms with Crippen LogP contribution in [0, 0.1) is 5.92 Å². The minimum absolute atomic E-state index is 0.0807. The van der Waals surface area contributed by atoms with E-state index in [0.717, 1.165) is 22.1 Å². The first-order valence-electron chi connectivity index (χ1n) is 4.79. The standard InChI is InChI=1S/C12H16ClO/c1-8(2)11-5-4-10(6-12(11)13)9(3)7-14/h4-6,8,14H,7H2,1-3H3. The highest BCUT2D eigenvalue weighted by Gasteiger charge is 2.09. The third-order valence-corrected chi connectivity index (χ3v) is 2.68. The Balaban J connectivity index is 3.00. The van der Waals surface area contributed by atoms with Gasteiger partial charge in [-0.3, -0.25) is 0 Å². The second kappa shape index (κ2) is 4.81. The number of hydrogen-bond acceptors (Lipinski definition) is 1. The molecular weight excluding hydrogens is 196 g/mol. The van der Waals surface area contributed by atoms with E-state index in [4.69, 9.17) is 16.7 Å². The van der Waals surface area contributed by atoms with Crippen LogP contribution in [0.4, 0.5) is 0 Å². The summed E-state index contributed by atoms with van der Waals surface area (Å²) in [6.45, 7) is 6.21. The molecule has 0 saturated carbocycles. The molecule has 0 spiro atoms. The summed E-state index contributed by atoms with van der Waals surface area (Å²) in [5.74, 6) is 1.38. The predicted octanol–water partition coefficient (Wildman–Crippen LogP) is 3.40. The Morgan fingerprint density at radius 1 is 1.43 bits per heavy atom. The molecule has 1 aromatic carbocycles. The Hall–Kier alpha value is -0.530. The van der Waals surface area contributed by atoms with E-state index in [1.165, 1.54) is 0 Å². The van der Waals surface area contributed by atoms with Crippen LogP contribution in [0.1, 0.15) is 37.8 Å². The van der Waals surface area contributed by atoms with Crippen molar-refractivity contribution in [2.24, 2.45) is 0 Å². The van der Waals surface area contributed by atoms with Crippen molar-refractivity contribution >= 4 is 11.6 Å². The molecule has 1 aromatic rings. The molecule has 0 fully saturated rings. The first kappa shape index (κ1) is 11.5. The number of rotatable bonds is 3. The van der Waals surface area contributed by atoms with Gasteiger partial charge in [0.25, 0.3) is 0 Å². The molecule has 0 bridgehead atoms. The smallest absolute Gasteiger partial charge is 0.0534 e. The van der Waals surface area contributed by atoms with Crippen molar-refractivity contribution in [1.82, 2.24) is 0 Å². The zero-order valence-electron chi connectivity index (χ0n) is 8.84. The average Bonchev–Trinajstić information content (AvgIpc) is 2.15. The van der Waals surface area contributed by atoms with Crippen LogP contribution in [0.25, 0.3) is 0 Å². The Bertz CT molecular complexity index is 307. The third kappa shape index (κ3) is 2.49. The minimum Gasteiger partial charge on any atom is -0.395 e. The third-order valence-electron chi connectivity index (χ3n) is 2.35. The molecule has 1 radical (unpaired) electrons. The number of halogens is 1. The van der Waals surface area contributed by atoms with Gasteiger partial charge in [-0.1, -0.05) is 44.5 Å². The second-order valence-electron chi connectivity index (χ2n) is 3.83. The number of benzene rings is 1. The van der Waals surface area contributed by atoms with Crippen LogP contribution in [-0.4, -0.2) is 11.7 Å². The molecule has 0 heterocycles. The molecule has 14 heavy (non-hydrogen) atoms. The van der Waals surface area contributed by atoms with Crippen molar-refractivity contribution < 1.29 is 5.11 Å². The molecule has 0 aliphatic heterocycles. The van der Waals surface area contributed by atoms with Gasteiger partial charge < -0.3 is 5.11 Å². The van der Waals surface area contributed by atoms with Gasteiger partial charge in [-0.15, -0.1) is 0 Å². The maximum Gasteiger partial charge on any atom is 0.0534 e. The molecule has 0 aromatic heterocycles. The normalized spacial score (nSPS) is 11.4. The maximum absolute atomic E-state index is 8.98. The summed E-state index contributed by atoms with van der Waals surface area (Å²) in [6.07, 6.45) is 0. The van der Waals surface area contributed by atoms with E-state index in [2.05, 4.69) is 13.8 Å². The molecule has 1 nitrogen and oxygen atoms in total. The Kier molecular flexibility index (Phi) is 3.97. The largest absolute Gasteiger partial charge is 0.395 e. The van der Waals surface area contributed by atoms with E-state index in [-0.39, 0.29) is 6.61 Å². The molecular formula is C12H16ClO. The number of aliphatic hydroxyl groups excluding tert-OH is 1. The van der Waals surface area contributed by atoms with E-state index >= 15 is 0 Å². The molecule has 1 N–H and O–H groups in total. The van der Waals surface area contributed by atoms with Crippen LogP contribution >= 0.6 is 11.6 Å². The summed E-state index contributed by atoms with van der Waals surface area (Å²) >= 11 is 6.13. The lowest BCUT2D eigenvalue weighted by molar-refractivity contribution is 0.315. The van der Waals surface area contributed by atoms with Gasteiger partial charge in [0, 0.05) is 10.9 Å². The summed E-state index contributed by atoms with van der Waals surface area (Å²) in [7, 11) is 0. The van der Waals surface area contributed by atoms with Gasteiger partial charge in [-0.05, 0) is 23.1 Å². The quantitative estimate of drug-likeness (QED) is 0.813. The van der Waals surface area contributed by atoms with Crippen LogP contribution in [0.15, 0.2) is 18.2 Å². The van der Waals surface area contributed by atoms with Crippen molar-refractivity contribution in [2.45, 2.75) is 26.7 Å². The molecule has 2 heteroatoms. The Morgan fingerprint density at radius 2 is 2.07 bits per heavy atom. The van der Waals surface area contributed by atoms with Crippen LogP contribution in [-0.2, 0) is 0 Å². The van der Waals surface area contributed by atoms with Crippen LogP contribution in [0.5, 0.6) is 0 Å². The molecule has 0 amide bonds. The molecule has 77 valence electrons. The van der Waals surface area contributed by atoms with Crippen LogP contribution in [0.2, 0.25) is 5.02 Å². The summed E-state index contributed by atoms with van der Waals surface area (Å²) in [6, 6.07) is 5.96. The zero-order chi connectivity index (χ0) is 10.7. The number of hydrogen-bond donors (Lipinski definition) is 1. The van der Waals surface area contributed by atoms with Gasteiger partial charge in [0.2, 0.25) is 0 Å². The minimum atomic E-state index is 0.0807. The van der Waals surface area contributed by atoms with Gasteiger partial charge >= 0.3 is 0 Å². The van der Waals surface area contributed by atoms with Crippen molar-refractivity contribution in [1.29, 1.82) is 0 Å². The van der Waals surface area contributed by atoms with Crippen LogP contribution in [0.3, 0.4) is 0 Å². The molecule has 0 aliphatic carbocycles. The van der Waals surface area contributed by atoms with Crippen molar-refractivity contribution in [3.05, 3.63) is 40.3 Å². The Morgan fingerprint density at radius 3 is 2.50 bits per heavy atom. The monoisotopic (exact) mass is 211 g/mol. The predicted molar refractivity (Wildman–Crippen MR) is 60.6 cm³/mol. The van der Waals surface area contributed by atoms with Gasteiger partial charge in [0.05, 0.1) is 6.61 Å². The fourth-order valence-corrected chi connectivity index (χ4v) is 1.75. The van der Waals surface area contributed by atoms with E-state index in [0.29, 0.717) is 5.92 Å². The Labute approximate surface area is 90.7 Å². The molecule has 1 rings (SSSR count). The van der Waals surface area contributed by atoms with E-state index in [9.17, 15) is 0 Å². The summed E-state index contributed by atoms with van der Waals surface area (Å²) < 4.78 is 0. The summed E-state index contributed by atoms with van der Waals surface area (Å²) in [5.41, 5.74) is 2.17. The van der Waals surface area contributed by atoms with Crippen LogP contribution < -0.4 is 0 Å². The number of aliphatic hydroxyl groups is 1. The van der Waals surface area contributed by atoms with Crippen molar-refractivity contribution in [3.63, 3.8) is 0 Å². The van der Waals surface area contributed by atoms with Gasteiger partial charge in [-0.2, -0.15) is 0 Å². The fourth-order valence-electron chi connectivity index (χ4n) is 1.35. The molecule has 0 atom stereocenters. The molecule has 0 aliphatic rings. The highest BCUT2D eigenvalue weighted by molar-refractivity contribution is 6.31. The summed E-state index contributed by atoms with van der Waals surface area (Å²) in [4.78, 5) is 0. The van der Waals surface area contributed by atoms with E-state index in [1.807, 2.05) is 25.1 Å². The highest BCUT2D eigenvalue weighted by atomic mass is 35.5. The lowest BCUT2D eigenvalue weighted by Crippen LogP contribution is -2.00. The SMILES string of the molecule is C[C](CO)c1ccc(C(C)C)c(Cl)c1. The topological polar surface area (TPSA) is 20.2 Å². The zero-order valence-corrected chi connectivity index (χ0v) is 9.60. The molecule has 0 unspecified atom stereocenters.